The Balaban J connectivity index is 1.32. The lowest BCUT2D eigenvalue weighted by Gasteiger charge is -2.18. The van der Waals surface area contributed by atoms with E-state index in [0.29, 0.717) is 42.3 Å². The summed E-state index contributed by atoms with van der Waals surface area (Å²) in [6, 6.07) is 13.3. The largest absolute Gasteiger partial charge is 0.490 e. The van der Waals surface area contributed by atoms with Crippen LogP contribution in [0.25, 0.3) is 21.1 Å². The van der Waals surface area contributed by atoms with Gasteiger partial charge in [0, 0.05) is 36.8 Å². The lowest BCUT2D eigenvalue weighted by molar-refractivity contribution is 0.178. The number of benzene rings is 2. The van der Waals surface area contributed by atoms with Crippen molar-refractivity contribution in [3.8, 4) is 33.0 Å². The molecule has 9 nitrogen and oxygen atoms in total. The Labute approximate surface area is 227 Å². The second kappa shape index (κ2) is 11.1. The topological polar surface area (TPSA) is 128 Å². The number of likely N-dealkylation sites (tertiary alicyclic amines) is 1. The zero-order valence-corrected chi connectivity index (χ0v) is 23.1. The average molecular weight is 554 g/mol. The molecule has 1 unspecified atom stereocenters. The van der Waals surface area contributed by atoms with Crippen LogP contribution in [0.3, 0.4) is 0 Å². The summed E-state index contributed by atoms with van der Waals surface area (Å²) in [5.41, 5.74) is 4.26. The molecule has 1 aromatic heterocycles. The highest BCUT2D eigenvalue weighted by atomic mass is 32.2. The molecule has 1 aliphatic heterocycles. The molecule has 2 aliphatic rings. The Kier molecular flexibility index (Phi) is 7.79. The van der Waals surface area contributed by atoms with Gasteiger partial charge in [-0.05, 0) is 62.4 Å². The Bertz CT molecular complexity index is 1460. The number of hydrogen-bond acceptors (Lipinski definition) is 9. The van der Waals surface area contributed by atoms with Crippen LogP contribution in [-0.4, -0.2) is 66.2 Å². The first-order chi connectivity index (χ1) is 18.2. The minimum Gasteiger partial charge on any atom is -0.490 e. The molecule has 1 aliphatic carbocycles. The molecule has 0 amide bonds. The molecular weight excluding hydrogens is 522 g/mol. The van der Waals surface area contributed by atoms with Gasteiger partial charge in [-0.3, -0.25) is 4.90 Å². The minimum absolute atomic E-state index is 0.0106. The Morgan fingerprint density at radius 3 is 2.79 bits per heavy atom. The third kappa shape index (κ3) is 5.90. The van der Waals surface area contributed by atoms with Gasteiger partial charge >= 0.3 is 0 Å². The van der Waals surface area contributed by atoms with Crippen molar-refractivity contribution < 1.29 is 18.3 Å². The van der Waals surface area contributed by atoms with Crippen molar-refractivity contribution in [3.63, 3.8) is 0 Å². The first-order valence-corrected chi connectivity index (χ1v) is 15.3. The number of hydrogen-bond donors (Lipinski definition) is 2. The van der Waals surface area contributed by atoms with E-state index in [9.17, 15) is 18.8 Å². The van der Waals surface area contributed by atoms with Crippen LogP contribution in [0.15, 0.2) is 36.4 Å². The van der Waals surface area contributed by atoms with Crippen LogP contribution < -0.4 is 9.46 Å². The molecule has 2 N–H and O–H groups in total. The number of sulfonamides is 1. The first kappa shape index (κ1) is 26.7. The number of aromatic nitrogens is 2. The highest BCUT2D eigenvalue weighted by molar-refractivity contribution is 7.89. The normalized spacial score (nSPS) is 19.6. The van der Waals surface area contributed by atoms with E-state index in [1.54, 1.807) is 12.1 Å². The van der Waals surface area contributed by atoms with Crippen LogP contribution >= 0.6 is 11.3 Å². The van der Waals surface area contributed by atoms with Gasteiger partial charge in [-0.15, -0.1) is 10.2 Å². The monoisotopic (exact) mass is 553 g/mol. The molecule has 0 saturated carbocycles. The van der Waals surface area contributed by atoms with Gasteiger partial charge in [0.2, 0.25) is 10.0 Å². The van der Waals surface area contributed by atoms with Gasteiger partial charge in [0.05, 0.1) is 23.5 Å². The van der Waals surface area contributed by atoms with E-state index in [1.807, 2.05) is 43.0 Å². The molecule has 2 aromatic carbocycles. The second-order valence-corrected chi connectivity index (χ2v) is 12.9. The summed E-state index contributed by atoms with van der Waals surface area (Å²) in [5, 5.41) is 29.5. The van der Waals surface area contributed by atoms with Gasteiger partial charge in [0.15, 0.2) is 0 Å². The van der Waals surface area contributed by atoms with Crippen molar-refractivity contribution in [2.75, 3.05) is 25.4 Å². The Morgan fingerprint density at radius 2 is 2.05 bits per heavy atom. The van der Waals surface area contributed by atoms with Gasteiger partial charge < -0.3 is 9.84 Å². The van der Waals surface area contributed by atoms with Gasteiger partial charge in [-0.25, -0.2) is 13.1 Å². The maximum Gasteiger partial charge on any atom is 0.213 e. The number of aliphatic hydroxyl groups is 1. The van der Waals surface area contributed by atoms with E-state index in [0.717, 1.165) is 40.2 Å². The molecule has 11 heteroatoms. The van der Waals surface area contributed by atoms with Gasteiger partial charge in [0.1, 0.15) is 21.8 Å². The molecule has 200 valence electrons. The van der Waals surface area contributed by atoms with Crippen molar-refractivity contribution in [1.29, 1.82) is 5.26 Å². The van der Waals surface area contributed by atoms with Crippen LogP contribution in [0, 0.1) is 11.3 Å². The van der Waals surface area contributed by atoms with E-state index in [-0.39, 0.29) is 24.0 Å². The summed E-state index contributed by atoms with van der Waals surface area (Å²) in [5.74, 6) is 0.555. The number of ether oxygens (including phenoxy) is 1. The fourth-order valence-electron chi connectivity index (χ4n) is 5.07. The third-order valence-electron chi connectivity index (χ3n) is 6.88. The SMILES string of the molecule is CC(C)Oc1ccc(-c2nnc(-c3cccc4c3CCC4NS(=O)(=O)CCN3CC[C@@H](O)C3)s2)cc1C#N. The highest BCUT2D eigenvalue weighted by Crippen LogP contribution is 2.40. The van der Waals surface area contributed by atoms with Gasteiger partial charge in [-0.2, -0.15) is 5.26 Å². The molecule has 2 atom stereocenters. The number of rotatable bonds is 9. The number of β-amino-alcohol motifs (C(OH)–C–C–N with tert-alkyl or cyclic N) is 1. The quantitative estimate of drug-likeness (QED) is 0.412. The smallest absolute Gasteiger partial charge is 0.213 e. The number of nitriles is 1. The number of nitrogens with one attached hydrogen (secondary N) is 1. The van der Waals surface area contributed by atoms with Gasteiger partial charge in [-0.1, -0.05) is 29.5 Å². The van der Waals surface area contributed by atoms with E-state index in [2.05, 4.69) is 21.0 Å². The molecule has 1 saturated heterocycles. The van der Waals surface area contributed by atoms with Crippen molar-refractivity contribution in [3.05, 3.63) is 53.1 Å². The van der Waals surface area contributed by atoms with Crippen LogP contribution in [0.1, 0.15) is 49.4 Å². The summed E-state index contributed by atoms with van der Waals surface area (Å²) in [7, 11) is -3.48. The predicted molar refractivity (Wildman–Crippen MR) is 146 cm³/mol. The zero-order chi connectivity index (χ0) is 26.9. The predicted octanol–water partition coefficient (Wildman–Crippen LogP) is 3.50. The molecule has 0 spiro atoms. The van der Waals surface area contributed by atoms with Crippen molar-refractivity contribution >= 4 is 21.4 Å². The van der Waals surface area contributed by atoms with Crippen molar-refractivity contribution in [2.45, 2.75) is 51.4 Å². The molecule has 5 rings (SSSR count). The summed E-state index contributed by atoms with van der Waals surface area (Å²) in [4.78, 5) is 1.99. The summed E-state index contributed by atoms with van der Waals surface area (Å²) >= 11 is 1.44. The summed E-state index contributed by atoms with van der Waals surface area (Å²) in [6.07, 6.45) is 1.72. The van der Waals surface area contributed by atoms with E-state index >= 15 is 0 Å². The van der Waals surface area contributed by atoms with Gasteiger partial charge in [0.25, 0.3) is 0 Å². The molecule has 1 fully saturated rings. The maximum atomic E-state index is 12.8. The number of nitrogens with zero attached hydrogens (tertiary/aromatic N) is 4. The molecule has 3 aromatic rings. The van der Waals surface area contributed by atoms with E-state index in [4.69, 9.17) is 4.74 Å². The lowest BCUT2D eigenvalue weighted by Crippen LogP contribution is -2.35. The summed E-state index contributed by atoms with van der Waals surface area (Å²) < 4.78 is 34.3. The fraction of sp³-hybridized carbons (Fsp3) is 0.444. The second-order valence-electron chi connectivity index (χ2n) is 10.0. The standard InChI is InChI=1S/C27H31N5O4S2/c1-17(2)36-25-9-6-18(14-19(25)15-28)26-29-30-27(37-26)23-5-3-4-22-21(23)7-8-24(22)31-38(34,35)13-12-32-11-10-20(33)16-32/h3-6,9,14,17,20,24,31,33H,7-8,10-13,16H2,1-2H3/t20-,24?/m1/s1. The molecule has 38 heavy (non-hydrogen) atoms. The highest BCUT2D eigenvalue weighted by Gasteiger charge is 2.30. The first-order valence-electron chi connectivity index (χ1n) is 12.8. The van der Waals surface area contributed by atoms with Crippen molar-refractivity contribution in [2.24, 2.45) is 0 Å². The summed E-state index contributed by atoms with van der Waals surface area (Å²) in [6.45, 7) is 5.51. The molecule has 2 heterocycles. The lowest BCUT2D eigenvalue weighted by atomic mass is 10.0. The van der Waals surface area contributed by atoms with Crippen LogP contribution in [0.4, 0.5) is 0 Å². The number of aliphatic hydroxyl groups excluding tert-OH is 1. The van der Waals surface area contributed by atoms with Crippen LogP contribution in [-0.2, 0) is 16.4 Å². The molecule has 0 bridgehead atoms. The third-order valence-corrected chi connectivity index (χ3v) is 9.25. The fourth-order valence-corrected chi connectivity index (χ4v) is 7.26. The Hall–Kier alpha value is -2.88. The van der Waals surface area contributed by atoms with E-state index < -0.39 is 10.0 Å². The maximum absolute atomic E-state index is 12.8. The molecule has 0 radical (unpaired) electrons. The van der Waals surface area contributed by atoms with Crippen LogP contribution in [0.2, 0.25) is 0 Å². The molecular formula is C27H31N5O4S2. The minimum atomic E-state index is -3.48. The van der Waals surface area contributed by atoms with E-state index in [1.165, 1.54) is 11.3 Å². The Morgan fingerprint density at radius 1 is 1.24 bits per heavy atom. The average Bonchev–Trinajstić information content (AvgIpc) is 3.63. The number of fused-ring (bicyclic) bond motifs is 1. The van der Waals surface area contributed by atoms with Crippen molar-refractivity contribution in [1.82, 2.24) is 19.8 Å². The zero-order valence-electron chi connectivity index (χ0n) is 21.4. The van der Waals surface area contributed by atoms with Crippen LogP contribution in [0.5, 0.6) is 5.75 Å².